The molecule has 0 aliphatic heterocycles. The maximum atomic E-state index is 11.6. The van der Waals surface area contributed by atoms with Gasteiger partial charge in [-0.2, -0.15) is 0 Å². The highest BCUT2D eigenvalue weighted by molar-refractivity contribution is 5.80. The van der Waals surface area contributed by atoms with Gasteiger partial charge in [0.05, 0.1) is 6.10 Å². The lowest BCUT2D eigenvalue weighted by Gasteiger charge is -2.07. The van der Waals surface area contributed by atoms with Crippen molar-refractivity contribution in [2.24, 2.45) is 0 Å². The van der Waals surface area contributed by atoms with Crippen molar-refractivity contribution >= 4 is 5.78 Å². The van der Waals surface area contributed by atoms with E-state index >= 15 is 0 Å². The van der Waals surface area contributed by atoms with E-state index in [1.165, 1.54) is 0 Å². The smallest absolute Gasteiger partial charge is 0.137 e. The number of carbonyl (C=O) groups excluding carboxylic acids is 1. The van der Waals surface area contributed by atoms with E-state index in [0.29, 0.717) is 12.8 Å². The van der Waals surface area contributed by atoms with Crippen LogP contribution in [0.3, 0.4) is 0 Å². The monoisotopic (exact) mass is 207 g/mol. The van der Waals surface area contributed by atoms with Crippen LogP contribution in [0.1, 0.15) is 25.3 Å². The third kappa shape index (κ3) is 4.70. The minimum absolute atomic E-state index is 0.159. The Morgan fingerprint density at radius 1 is 1.47 bits per heavy atom. The molecule has 0 aromatic carbocycles. The molecule has 0 fully saturated rings. The summed E-state index contributed by atoms with van der Waals surface area (Å²) in [5, 5.41) is 0. The topological polar surface area (TPSA) is 39.2 Å². The molecule has 0 saturated heterocycles. The van der Waals surface area contributed by atoms with Crippen molar-refractivity contribution in [3.05, 3.63) is 30.1 Å². The fraction of sp³-hybridized carbons (Fsp3) is 0.500. The molecule has 1 aromatic rings. The lowest BCUT2D eigenvalue weighted by atomic mass is 10.1. The van der Waals surface area contributed by atoms with Gasteiger partial charge in [-0.25, -0.2) is 0 Å². The fourth-order valence-corrected chi connectivity index (χ4v) is 1.30. The molecule has 1 aromatic heterocycles. The molecule has 0 aliphatic rings. The SMILES string of the molecule is COC(C)CCC(=O)Cc1ccncc1. The zero-order chi connectivity index (χ0) is 11.1. The van der Waals surface area contributed by atoms with E-state index in [1.54, 1.807) is 19.5 Å². The molecule has 0 amide bonds. The molecule has 0 spiro atoms. The minimum atomic E-state index is 0.159. The Morgan fingerprint density at radius 2 is 2.13 bits per heavy atom. The zero-order valence-electron chi connectivity index (χ0n) is 9.27. The molecule has 1 atom stereocenters. The van der Waals surface area contributed by atoms with Crippen LogP contribution in [0, 0.1) is 0 Å². The number of nitrogens with zero attached hydrogens (tertiary/aromatic N) is 1. The maximum Gasteiger partial charge on any atom is 0.137 e. The number of methoxy groups -OCH3 is 1. The Bertz CT molecular complexity index is 298. The number of rotatable bonds is 6. The van der Waals surface area contributed by atoms with Gasteiger partial charge in [0.1, 0.15) is 5.78 Å². The Labute approximate surface area is 90.5 Å². The largest absolute Gasteiger partial charge is 0.382 e. The molecule has 1 unspecified atom stereocenters. The van der Waals surface area contributed by atoms with Crippen LogP contribution in [0.15, 0.2) is 24.5 Å². The van der Waals surface area contributed by atoms with Gasteiger partial charge < -0.3 is 4.74 Å². The molecule has 1 heterocycles. The highest BCUT2D eigenvalue weighted by Crippen LogP contribution is 2.05. The van der Waals surface area contributed by atoms with E-state index in [4.69, 9.17) is 4.74 Å². The normalized spacial score (nSPS) is 12.4. The van der Waals surface area contributed by atoms with Crippen LogP contribution in [0.5, 0.6) is 0 Å². The molecule has 0 N–H and O–H groups in total. The van der Waals surface area contributed by atoms with Crippen LogP contribution < -0.4 is 0 Å². The molecule has 0 radical (unpaired) electrons. The first kappa shape index (κ1) is 11.9. The van der Waals surface area contributed by atoms with E-state index in [2.05, 4.69) is 4.98 Å². The lowest BCUT2D eigenvalue weighted by Crippen LogP contribution is -2.10. The number of hydrogen-bond donors (Lipinski definition) is 0. The standard InChI is InChI=1S/C12H17NO2/c1-10(15-2)3-4-12(14)9-11-5-7-13-8-6-11/h5-8,10H,3-4,9H2,1-2H3. The van der Waals surface area contributed by atoms with Crippen LogP contribution in [0.4, 0.5) is 0 Å². The Hall–Kier alpha value is -1.22. The first-order valence-electron chi connectivity index (χ1n) is 5.15. The van der Waals surface area contributed by atoms with Gasteiger partial charge in [0.15, 0.2) is 0 Å². The highest BCUT2D eigenvalue weighted by Gasteiger charge is 2.06. The van der Waals surface area contributed by atoms with Crippen molar-refractivity contribution in [3.8, 4) is 0 Å². The van der Waals surface area contributed by atoms with Gasteiger partial charge >= 0.3 is 0 Å². The summed E-state index contributed by atoms with van der Waals surface area (Å²) in [6.07, 6.45) is 5.45. The number of ketones is 1. The van der Waals surface area contributed by atoms with Gasteiger partial charge in [0.2, 0.25) is 0 Å². The van der Waals surface area contributed by atoms with E-state index in [-0.39, 0.29) is 11.9 Å². The number of carbonyl (C=O) groups is 1. The zero-order valence-corrected chi connectivity index (χ0v) is 9.27. The third-order valence-corrected chi connectivity index (χ3v) is 2.38. The average molecular weight is 207 g/mol. The molecule has 3 heteroatoms. The van der Waals surface area contributed by atoms with Gasteiger partial charge in [-0.1, -0.05) is 0 Å². The van der Waals surface area contributed by atoms with Crippen molar-refractivity contribution in [1.82, 2.24) is 4.98 Å². The van der Waals surface area contributed by atoms with Gasteiger partial charge in [-0.05, 0) is 31.0 Å². The van der Waals surface area contributed by atoms with Crippen molar-refractivity contribution in [2.75, 3.05) is 7.11 Å². The van der Waals surface area contributed by atoms with Crippen LogP contribution in [0.25, 0.3) is 0 Å². The number of Topliss-reactive ketones (excluding diaryl/α,β-unsaturated/α-hetero) is 1. The fourth-order valence-electron chi connectivity index (χ4n) is 1.30. The highest BCUT2D eigenvalue weighted by atomic mass is 16.5. The molecule has 0 saturated carbocycles. The Morgan fingerprint density at radius 3 is 2.73 bits per heavy atom. The lowest BCUT2D eigenvalue weighted by molar-refractivity contribution is -0.119. The van der Waals surface area contributed by atoms with Gasteiger partial charge in [0.25, 0.3) is 0 Å². The summed E-state index contributed by atoms with van der Waals surface area (Å²) >= 11 is 0. The van der Waals surface area contributed by atoms with Gasteiger partial charge in [-0.15, -0.1) is 0 Å². The van der Waals surface area contributed by atoms with Crippen molar-refractivity contribution in [2.45, 2.75) is 32.3 Å². The quantitative estimate of drug-likeness (QED) is 0.716. The molecule has 3 nitrogen and oxygen atoms in total. The predicted molar refractivity (Wildman–Crippen MR) is 58.7 cm³/mol. The summed E-state index contributed by atoms with van der Waals surface area (Å²) in [6, 6.07) is 3.75. The average Bonchev–Trinajstić information content (AvgIpc) is 2.27. The molecule has 0 aliphatic carbocycles. The first-order valence-corrected chi connectivity index (χ1v) is 5.15. The molecular weight excluding hydrogens is 190 g/mol. The number of aromatic nitrogens is 1. The molecule has 82 valence electrons. The van der Waals surface area contributed by atoms with Gasteiger partial charge in [0, 0.05) is 32.3 Å². The second-order valence-corrected chi connectivity index (χ2v) is 3.66. The summed E-state index contributed by atoms with van der Waals surface area (Å²) in [5.74, 6) is 0.255. The van der Waals surface area contributed by atoms with Crippen molar-refractivity contribution in [1.29, 1.82) is 0 Å². The predicted octanol–water partition coefficient (Wildman–Crippen LogP) is 2.01. The van der Waals surface area contributed by atoms with Crippen LogP contribution >= 0.6 is 0 Å². The summed E-state index contributed by atoms with van der Waals surface area (Å²) in [7, 11) is 1.66. The maximum absolute atomic E-state index is 11.6. The minimum Gasteiger partial charge on any atom is -0.382 e. The van der Waals surface area contributed by atoms with E-state index < -0.39 is 0 Å². The molecule has 0 bridgehead atoms. The van der Waals surface area contributed by atoms with E-state index in [1.807, 2.05) is 19.1 Å². The molecule has 1 rings (SSSR count). The Kier molecular flexibility index (Phi) is 4.98. The number of ether oxygens (including phenoxy) is 1. The second-order valence-electron chi connectivity index (χ2n) is 3.66. The number of pyridine rings is 1. The molecular formula is C12H17NO2. The van der Waals surface area contributed by atoms with Crippen LogP contribution in [-0.4, -0.2) is 24.0 Å². The first-order chi connectivity index (χ1) is 7.22. The summed E-state index contributed by atoms with van der Waals surface area (Å²) < 4.78 is 5.09. The second kappa shape index (κ2) is 6.30. The third-order valence-electron chi connectivity index (χ3n) is 2.38. The summed E-state index contributed by atoms with van der Waals surface area (Å²) in [4.78, 5) is 15.5. The van der Waals surface area contributed by atoms with Crippen LogP contribution in [-0.2, 0) is 16.0 Å². The van der Waals surface area contributed by atoms with E-state index in [9.17, 15) is 4.79 Å². The van der Waals surface area contributed by atoms with Crippen molar-refractivity contribution < 1.29 is 9.53 Å². The number of hydrogen-bond acceptors (Lipinski definition) is 3. The summed E-state index contributed by atoms with van der Waals surface area (Å²) in [6.45, 7) is 1.97. The summed E-state index contributed by atoms with van der Waals surface area (Å²) in [5.41, 5.74) is 1.03. The van der Waals surface area contributed by atoms with Gasteiger partial charge in [-0.3, -0.25) is 9.78 Å². The Balaban J connectivity index is 2.31. The molecule has 15 heavy (non-hydrogen) atoms. The van der Waals surface area contributed by atoms with Crippen molar-refractivity contribution in [3.63, 3.8) is 0 Å². The van der Waals surface area contributed by atoms with E-state index in [0.717, 1.165) is 12.0 Å². The van der Waals surface area contributed by atoms with Crippen LogP contribution in [0.2, 0.25) is 0 Å².